The lowest BCUT2D eigenvalue weighted by Gasteiger charge is -2.41. The van der Waals surface area contributed by atoms with Crippen molar-refractivity contribution < 1.29 is 4.74 Å². The molecular weight excluding hydrogens is 394 g/mol. The lowest BCUT2D eigenvalue weighted by molar-refractivity contribution is -0.0193. The monoisotopic (exact) mass is 419 g/mol. The Hall–Kier alpha value is -2.61. The Kier molecular flexibility index (Phi) is 6.22. The van der Waals surface area contributed by atoms with Crippen LogP contribution in [0, 0.1) is 17.2 Å². The molecule has 2 aromatic carbocycles. The molecule has 0 bridgehead atoms. The molecule has 4 nitrogen and oxygen atoms in total. The molecule has 0 spiro atoms. The Labute approximate surface area is 183 Å². The summed E-state index contributed by atoms with van der Waals surface area (Å²) in [6.07, 6.45) is 10.8. The Balaban J connectivity index is 0.00000218. The van der Waals surface area contributed by atoms with Gasteiger partial charge in [-0.2, -0.15) is 5.26 Å². The van der Waals surface area contributed by atoms with E-state index in [4.69, 9.17) is 10.00 Å². The van der Waals surface area contributed by atoms with E-state index in [1.54, 1.807) is 5.56 Å². The second kappa shape index (κ2) is 9.04. The quantitative estimate of drug-likeness (QED) is 0.542. The topological polar surface area (TPSA) is 50.8 Å². The molecule has 0 saturated heterocycles. The molecule has 0 N–H and O–H groups in total. The van der Waals surface area contributed by atoms with Crippen LogP contribution in [0.25, 0.3) is 0 Å². The van der Waals surface area contributed by atoms with E-state index in [1.165, 1.54) is 36.8 Å². The van der Waals surface area contributed by atoms with Gasteiger partial charge >= 0.3 is 0 Å². The van der Waals surface area contributed by atoms with Crippen LogP contribution in [0.15, 0.2) is 61.2 Å². The van der Waals surface area contributed by atoms with Crippen molar-refractivity contribution in [2.45, 2.75) is 50.9 Å². The highest BCUT2D eigenvalue weighted by atomic mass is 35.5. The number of ether oxygens (including phenoxy) is 1. The smallest absolute Gasteiger partial charge is 0.0991 e. The molecule has 0 radical (unpaired) electrons. The zero-order chi connectivity index (χ0) is 19.6. The van der Waals surface area contributed by atoms with E-state index >= 15 is 0 Å². The summed E-state index contributed by atoms with van der Waals surface area (Å²) < 4.78 is 8.77. The predicted octanol–water partition coefficient (Wildman–Crippen LogP) is 5.57. The van der Waals surface area contributed by atoms with Crippen LogP contribution in [-0.2, 0) is 24.3 Å². The molecule has 0 amide bonds. The highest BCUT2D eigenvalue weighted by Gasteiger charge is 2.38. The Morgan fingerprint density at radius 1 is 1.17 bits per heavy atom. The third-order valence-electron chi connectivity index (χ3n) is 6.48. The molecule has 3 aromatic rings. The van der Waals surface area contributed by atoms with Gasteiger partial charge in [-0.05, 0) is 66.0 Å². The van der Waals surface area contributed by atoms with Crippen LogP contribution in [0.1, 0.15) is 59.1 Å². The molecule has 30 heavy (non-hydrogen) atoms. The summed E-state index contributed by atoms with van der Waals surface area (Å²) in [4.78, 5) is 4.23. The average molecular weight is 420 g/mol. The van der Waals surface area contributed by atoms with Gasteiger partial charge in [-0.25, -0.2) is 4.98 Å². The van der Waals surface area contributed by atoms with E-state index in [0.29, 0.717) is 24.0 Å². The second-order valence-corrected chi connectivity index (χ2v) is 8.30. The molecule has 1 heterocycles. The van der Waals surface area contributed by atoms with E-state index in [-0.39, 0.29) is 18.5 Å². The second-order valence-electron chi connectivity index (χ2n) is 8.30. The third kappa shape index (κ3) is 4.01. The highest BCUT2D eigenvalue weighted by molar-refractivity contribution is 5.85. The Morgan fingerprint density at radius 3 is 2.80 bits per heavy atom. The zero-order valence-corrected chi connectivity index (χ0v) is 17.7. The van der Waals surface area contributed by atoms with E-state index in [9.17, 15) is 0 Å². The van der Waals surface area contributed by atoms with Gasteiger partial charge in [0.05, 0.1) is 30.7 Å². The molecule has 3 unspecified atom stereocenters. The van der Waals surface area contributed by atoms with Gasteiger partial charge in [0.1, 0.15) is 0 Å². The molecule has 1 aromatic heterocycles. The normalized spacial score (nSPS) is 21.9. The fraction of sp³-hybridized carbons (Fsp3) is 0.360. The zero-order valence-electron chi connectivity index (χ0n) is 16.9. The fourth-order valence-corrected chi connectivity index (χ4v) is 5.18. The first kappa shape index (κ1) is 20.7. The van der Waals surface area contributed by atoms with Crippen LogP contribution in [-0.4, -0.2) is 9.55 Å². The van der Waals surface area contributed by atoms with Crippen molar-refractivity contribution in [2.24, 2.45) is 5.92 Å². The molecule has 154 valence electrons. The van der Waals surface area contributed by atoms with Crippen LogP contribution in [0.3, 0.4) is 0 Å². The van der Waals surface area contributed by atoms with Crippen LogP contribution < -0.4 is 0 Å². The number of aryl methyl sites for hydroxylation is 1. The number of nitrogens with zero attached hydrogens (tertiary/aromatic N) is 3. The maximum Gasteiger partial charge on any atom is 0.0991 e. The predicted molar refractivity (Wildman–Crippen MR) is 118 cm³/mol. The standard InChI is InChI=1S/C25H25N3O.ClH/c26-14-18-7-9-19(10-8-18)16-29-25-22(15-28-12-11-27-17-28)13-21-5-1-3-20-4-2-6-23(25)24(20)21;/h2,4,6-12,17,21-22,25H,1,3,5,13,15-16H2;1H. The van der Waals surface area contributed by atoms with Crippen molar-refractivity contribution >= 4 is 12.4 Å². The third-order valence-corrected chi connectivity index (χ3v) is 6.48. The average Bonchev–Trinajstić information content (AvgIpc) is 3.27. The van der Waals surface area contributed by atoms with Crippen molar-refractivity contribution in [3.63, 3.8) is 0 Å². The lowest BCUT2D eigenvalue weighted by atomic mass is 9.68. The molecule has 5 rings (SSSR count). The Bertz CT molecular complexity index is 1020. The number of imidazole rings is 1. The summed E-state index contributed by atoms with van der Waals surface area (Å²) >= 11 is 0. The van der Waals surface area contributed by atoms with Crippen LogP contribution in [0.4, 0.5) is 0 Å². The number of hydrogen-bond acceptors (Lipinski definition) is 3. The van der Waals surface area contributed by atoms with Gasteiger partial charge in [-0.15, -0.1) is 12.4 Å². The first-order chi connectivity index (χ1) is 14.3. The van der Waals surface area contributed by atoms with Crippen LogP contribution in [0.2, 0.25) is 0 Å². The van der Waals surface area contributed by atoms with Crippen molar-refractivity contribution in [1.29, 1.82) is 5.26 Å². The van der Waals surface area contributed by atoms with E-state index < -0.39 is 0 Å². The van der Waals surface area contributed by atoms with E-state index in [0.717, 1.165) is 12.1 Å². The van der Waals surface area contributed by atoms with Crippen LogP contribution >= 0.6 is 12.4 Å². The molecule has 0 fully saturated rings. The maximum absolute atomic E-state index is 9.02. The minimum atomic E-state index is 0. The van der Waals surface area contributed by atoms with E-state index in [1.807, 2.05) is 43.0 Å². The van der Waals surface area contributed by atoms with E-state index in [2.05, 4.69) is 33.8 Å². The number of nitriles is 1. The van der Waals surface area contributed by atoms with Gasteiger partial charge < -0.3 is 9.30 Å². The summed E-state index contributed by atoms with van der Waals surface area (Å²) in [7, 11) is 0. The Morgan fingerprint density at radius 2 is 2.03 bits per heavy atom. The molecule has 0 saturated carbocycles. The molecule has 3 atom stereocenters. The van der Waals surface area contributed by atoms with Gasteiger partial charge in [-0.1, -0.05) is 30.3 Å². The summed E-state index contributed by atoms with van der Waals surface area (Å²) in [5.74, 6) is 1.08. The lowest BCUT2D eigenvalue weighted by Crippen LogP contribution is -2.31. The molecular formula is C25H26ClN3O. The van der Waals surface area contributed by atoms with Gasteiger partial charge in [0.25, 0.3) is 0 Å². The maximum atomic E-state index is 9.02. The summed E-state index contributed by atoms with van der Waals surface area (Å²) in [6, 6.07) is 16.7. The largest absolute Gasteiger partial charge is 0.368 e. The molecule has 2 aliphatic rings. The van der Waals surface area contributed by atoms with Crippen molar-refractivity contribution in [1.82, 2.24) is 9.55 Å². The number of benzene rings is 2. The number of aromatic nitrogens is 2. The van der Waals surface area contributed by atoms with Gasteiger partial charge in [-0.3, -0.25) is 0 Å². The molecule has 5 heteroatoms. The van der Waals surface area contributed by atoms with Crippen LogP contribution in [0.5, 0.6) is 0 Å². The first-order valence-electron chi connectivity index (χ1n) is 10.5. The number of rotatable bonds is 5. The fourth-order valence-electron chi connectivity index (χ4n) is 5.18. The number of hydrogen-bond donors (Lipinski definition) is 0. The first-order valence-corrected chi connectivity index (χ1v) is 10.5. The minimum Gasteiger partial charge on any atom is -0.368 e. The highest BCUT2D eigenvalue weighted by Crippen LogP contribution is 2.49. The van der Waals surface area contributed by atoms with Gasteiger partial charge in [0.15, 0.2) is 0 Å². The van der Waals surface area contributed by atoms with Crippen molar-refractivity contribution in [3.8, 4) is 6.07 Å². The summed E-state index contributed by atoms with van der Waals surface area (Å²) in [6.45, 7) is 1.49. The van der Waals surface area contributed by atoms with Crippen molar-refractivity contribution in [2.75, 3.05) is 0 Å². The van der Waals surface area contributed by atoms with Gasteiger partial charge in [0.2, 0.25) is 0 Å². The summed E-state index contributed by atoms with van der Waals surface area (Å²) in [5.41, 5.74) is 6.26. The van der Waals surface area contributed by atoms with Crippen molar-refractivity contribution in [3.05, 3.63) is 89.0 Å². The van der Waals surface area contributed by atoms with Gasteiger partial charge in [0, 0.05) is 24.9 Å². The minimum absolute atomic E-state index is 0. The number of halogens is 1. The SMILES string of the molecule is Cl.N#Cc1ccc(COC2c3cccc4c3C(CCC4)CC2Cn2ccnc2)cc1. The summed E-state index contributed by atoms with van der Waals surface area (Å²) in [5, 5.41) is 9.02. The molecule has 0 aliphatic heterocycles. The molecule has 2 aliphatic carbocycles.